The zero-order valence-electron chi connectivity index (χ0n) is 9.03. The molecule has 4 heteroatoms. The van der Waals surface area contributed by atoms with E-state index in [0.29, 0.717) is 6.54 Å². The van der Waals surface area contributed by atoms with Gasteiger partial charge in [0.05, 0.1) is 6.54 Å². The van der Waals surface area contributed by atoms with Gasteiger partial charge in [-0.3, -0.25) is 9.69 Å². The van der Waals surface area contributed by atoms with Crippen molar-refractivity contribution in [2.45, 2.75) is 12.5 Å². The van der Waals surface area contributed by atoms with Crippen LogP contribution >= 0.6 is 15.9 Å². The molecule has 1 atom stereocenters. The van der Waals surface area contributed by atoms with E-state index in [-0.39, 0.29) is 11.8 Å². The van der Waals surface area contributed by atoms with Gasteiger partial charge in [-0.05, 0) is 18.6 Å². The largest absolute Gasteiger partial charge is 0.326 e. The zero-order chi connectivity index (χ0) is 11.5. The van der Waals surface area contributed by atoms with Gasteiger partial charge >= 0.3 is 0 Å². The summed E-state index contributed by atoms with van der Waals surface area (Å²) in [6.07, 6.45) is 0.994. The third-order valence-electron chi connectivity index (χ3n) is 2.84. The number of Topliss-reactive ketones (excluding diaryl/α,β-unsaturated/α-hetero) is 1. The highest BCUT2D eigenvalue weighted by atomic mass is 79.9. The van der Waals surface area contributed by atoms with Gasteiger partial charge in [0.25, 0.3) is 0 Å². The second kappa shape index (κ2) is 5.08. The van der Waals surface area contributed by atoms with Gasteiger partial charge in [0, 0.05) is 29.2 Å². The number of ketones is 1. The molecule has 0 amide bonds. The molecule has 0 aromatic heterocycles. The topological polar surface area (TPSA) is 46.3 Å². The van der Waals surface area contributed by atoms with Crippen LogP contribution < -0.4 is 5.73 Å². The molecule has 2 N–H and O–H groups in total. The molecule has 1 aromatic rings. The van der Waals surface area contributed by atoms with Crippen molar-refractivity contribution in [2.24, 2.45) is 5.73 Å². The van der Waals surface area contributed by atoms with E-state index in [1.165, 1.54) is 0 Å². The van der Waals surface area contributed by atoms with Gasteiger partial charge in [0.15, 0.2) is 5.78 Å². The van der Waals surface area contributed by atoms with Gasteiger partial charge in [-0.1, -0.05) is 28.1 Å². The standard InChI is InChI=1S/C12H15BrN2O/c13-10-3-1-9(2-4-10)12(16)8-15-6-5-11(14)7-15/h1-4,11H,5-8,14H2/t11-/m0/s1. The summed E-state index contributed by atoms with van der Waals surface area (Å²) in [6, 6.07) is 7.72. The van der Waals surface area contributed by atoms with Gasteiger partial charge < -0.3 is 5.73 Å². The third kappa shape index (κ3) is 2.90. The molecule has 0 radical (unpaired) electrons. The number of nitrogens with two attached hydrogens (primary N) is 1. The Morgan fingerprint density at radius 1 is 1.44 bits per heavy atom. The first-order chi connectivity index (χ1) is 7.65. The average Bonchev–Trinajstić information content (AvgIpc) is 2.65. The third-order valence-corrected chi connectivity index (χ3v) is 3.37. The number of carbonyl (C=O) groups excluding carboxylic acids is 1. The number of carbonyl (C=O) groups is 1. The van der Waals surface area contributed by atoms with E-state index in [0.717, 1.165) is 29.5 Å². The van der Waals surface area contributed by atoms with Crippen molar-refractivity contribution in [1.82, 2.24) is 4.90 Å². The highest BCUT2D eigenvalue weighted by Gasteiger charge is 2.21. The number of rotatable bonds is 3. The monoisotopic (exact) mass is 282 g/mol. The Morgan fingerprint density at radius 2 is 2.12 bits per heavy atom. The van der Waals surface area contributed by atoms with Crippen LogP contribution in [0.2, 0.25) is 0 Å². The summed E-state index contributed by atoms with van der Waals surface area (Å²) in [4.78, 5) is 14.0. The van der Waals surface area contributed by atoms with E-state index in [2.05, 4.69) is 20.8 Å². The Kier molecular flexibility index (Phi) is 3.74. The van der Waals surface area contributed by atoms with Crippen LogP contribution in [0.3, 0.4) is 0 Å². The van der Waals surface area contributed by atoms with Crippen molar-refractivity contribution >= 4 is 21.7 Å². The second-order valence-electron chi connectivity index (χ2n) is 4.21. The first-order valence-electron chi connectivity index (χ1n) is 5.42. The van der Waals surface area contributed by atoms with Gasteiger partial charge in [-0.15, -0.1) is 0 Å². The van der Waals surface area contributed by atoms with Crippen LogP contribution in [0.4, 0.5) is 0 Å². The van der Waals surface area contributed by atoms with E-state index in [4.69, 9.17) is 5.73 Å². The Labute approximate surface area is 104 Å². The van der Waals surface area contributed by atoms with E-state index in [1.807, 2.05) is 24.3 Å². The molecule has 0 spiro atoms. The molecular formula is C12H15BrN2O. The molecule has 1 aliphatic rings. The molecule has 1 heterocycles. The molecule has 1 fully saturated rings. The fraction of sp³-hybridized carbons (Fsp3) is 0.417. The summed E-state index contributed by atoms with van der Waals surface area (Å²) < 4.78 is 0.993. The Hall–Kier alpha value is -0.710. The molecular weight excluding hydrogens is 268 g/mol. The van der Waals surface area contributed by atoms with Crippen LogP contribution in [0, 0.1) is 0 Å². The zero-order valence-corrected chi connectivity index (χ0v) is 10.6. The lowest BCUT2D eigenvalue weighted by Gasteiger charge is -2.13. The number of halogens is 1. The molecule has 1 aliphatic heterocycles. The number of benzene rings is 1. The highest BCUT2D eigenvalue weighted by molar-refractivity contribution is 9.10. The first-order valence-corrected chi connectivity index (χ1v) is 6.21. The fourth-order valence-electron chi connectivity index (χ4n) is 1.94. The Bertz CT molecular complexity index is 377. The molecule has 0 saturated carbocycles. The van der Waals surface area contributed by atoms with E-state index in [1.54, 1.807) is 0 Å². The number of likely N-dealkylation sites (tertiary alicyclic amines) is 1. The van der Waals surface area contributed by atoms with Gasteiger partial charge in [0.1, 0.15) is 0 Å². The van der Waals surface area contributed by atoms with Gasteiger partial charge in [0.2, 0.25) is 0 Å². The minimum absolute atomic E-state index is 0.168. The summed E-state index contributed by atoms with van der Waals surface area (Å²) in [5.41, 5.74) is 6.57. The van der Waals surface area contributed by atoms with Gasteiger partial charge in [-0.2, -0.15) is 0 Å². The van der Waals surface area contributed by atoms with Crippen molar-refractivity contribution in [3.63, 3.8) is 0 Å². The maximum absolute atomic E-state index is 11.9. The minimum Gasteiger partial charge on any atom is -0.326 e. The summed E-state index contributed by atoms with van der Waals surface area (Å²) in [5, 5.41) is 0. The predicted octanol–water partition coefficient (Wildman–Crippen LogP) is 1.66. The molecule has 0 bridgehead atoms. The molecule has 0 unspecified atom stereocenters. The number of nitrogens with zero attached hydrogens (tertiary/aromatic N) is 1. The van der Waals surface area contributed by atoms with Crippen LogP contribution in [0.25, 0.3) is 0 Å². The van der Waals surface area contributed by atoms with Crippen LogP contribution in [0.15, 0.2) is 28.7 Å². The van der Waals surface area contributed by atoms with Crippen LogP contribution in [-0.4, -0.2) is 36.4 Å². The first kappa shape index (κ1) is 11.8. The SMILES string of the molecule is N[C@H]1CCN(CC(=O)c2ccc(Br)cc2)C1. The molecule has 3 nitrogen and oxygen atoms in total. The van der Waals surface area contributed by atoms with Crippen molar-refractivity contribution in [1.29, 1.82) is 0 Å². The summed E-state index contributed by atoms with van der Waals surface area (Å²) in [5.74, 6) is 0.168. The summed E-state index contributed by atoms with van der Waals surface area (Å²) in [7, 11) is 0. The lowest BCUT2D eigenvalue weighted by Crippen LogP contribution is -2.31. The molecule has 1 saturated heterocycles. The normalized spacial score (nSPS) is 21.2. The molecule has 0 aliphatic carbocycles. The van der Waals surface area contributed by atoms with Crippen molar-refractivity contribution < 1.29 is 4.79 Å². The van der Waals surface area contributed by atoms with Crippen LogP contribution in [0.1, 0.15) is 16.8 Å². The smallest absolute Gasteiger partial charge is 0.176 e. The maximum Gasteiger partial charge on any atom is 0.176 e. The molecule has 2 rings (SSSR count). The lowest BCUT2D eigenvalue weighted by molar-refractivity contribution is 0.0945. The average molecular weight is 283 g/mol. The van der Waals surface area contributed by atoms with Gasteiger partial charge in [-0.25, -0.2) is 0 Å². The van der Waals surface area contributed by atoms with E-state index >= 15 is 0 Å². The quantitative estimate of drug-likeness (QED) is 0.858. The Balaban J connectivity index is 1.95. The van der Waals surface area contributed by atoms with Crippen molar-refractivity contribution in [3.05, 3.63) is 34.3 Å². The maximum atomic E-state index is 11.9. The molecule has 86 valence electrons. The van der Waals surface area contributed by atoms with Crippen molar-refractivity contribution in [3.8, 4) is 0 Å². The molecule has 16 heavy (non-hydrogen) atoms. The summed E-state index contributed by atoms with van der Waals surface area (Å²) >= 11 is 3.35. The van der Waals surface area contributed by atoms with Crippen molar-refractivity contribution in [2.75, 3.05) is 19.6 Å². The fourth-order valence-corrected chi connectivity index (χ4v) is 2.20. The van der Waals surface area contributed by atoms with E-state index < -0.39 is 0 Å². The second-order valence-corrected chi connectivity index (χ2v) is 5.13. The van der Waals surface area contributed by atoms with Crippen LogP contribution in [0.5, 0.6) is 0 Å². The highest BCUT2D eigenvalue weighted by Crippen LogP contribution is 2.13. The lowest BCUT2D eigenvalue weighted by atomic mass is 10.1. The number of hydrogen-bond acceptors (Lipinski definition) is 3. The molecule has 1 aromatic carbocycles. The number of hydrogen-bond donors (Lipinski definition) is 1. The predicted molar refractivity (Wildman–Crippen MR) is 67.5 cm³/mol. The van der Waals surface area contributed by atoms with E-state index in [9.17, 15) is 4.79 Å². The van der Waals surface area contributed by atoms with Crippen LogP contribution in [-0.2, 0) is 0 Å². The Morgan fingerprint density at radius 3 is 2.69 bits per heavy atom. The minimum atomic E-state index is 0.168. The summed E-state index contributed by atoms with van der Waals surface area (Å²) in [6.45, 7) is 2.25.